The molecule has 1 aliphatic rings. The molecule has 0 radical (unpaired) electrons. The minimum atomic E-state index is 0.152. The first kappa shape index (κ1) is 20.3. The smallest absolute Gasteiger partial charge is 0.254 e. The van der Waals surface area contributed by atoms with E-state index in [4.69, 9.17) is 4.98 Å². The van der Waals surface area contributed by atoms with Gasteiger partial charge in [0, 0.05) is 29.7 Å². The molecule has 0 spiro atoms. The largest absolute Gasteiger partial charge is 0.339 e. The number of carbonyl (C=O) groups excluding carboxylic acids is 1. The zero-order valence-corrected chi connectivity index (χ0v) is 18.9. The van der Waals surface area contributed by atoms with E-state index in [1.807, 2.05) is 35.2 Å². The molecular weight excluding hydrogens is 420 g/mol. The monoisotopic (exact) mass is 444 g/mol. The molecule has 1 aliphatic heterocycles. The Morgan fingerprint density at radius 3 is 2.45 bits per heavy atom. The molecule has 0 atom stereocenters. The summed E-state index contributed by atoms with van der Waals surface area (Å²) < 4.78 is 1.25. The molecule has 0 N–H and O–H groups in total. The summed E-state index contributed by atoms with van der Waals surface area (Å²) in [6, 6.07) is 26.8. The lowest BCUT2D eigenvalue weighted by atomic mass is 9.97. The number of amides is 1. The molecule has 1 saturated heterocycles. The molecule has 31 heavy (non-hydrogen) atoms. The van der Waals surface area contributed by atoms with Gasteiger partial charge in [0.25, 0.3) is 5.91 Å². The van der Waals surface area contributed by atoms with Gasteiger partial charge in [-0.15, -0.1) is 23.1 Å². The van der Waals surface area contributed by atoms with Gasteiger partial charge in [-0.2, -0.15) is 0 Å². The number of hydrogen-bond donors (Lipinski definition) is 0. The van der Waals surface area contributed by atoms with Crippen LogP contribution in [0.3, 0.4) is 0 Å². The van der Waals surface area contributed by atoms with Crippen LogP contribution in [0.5, 0.6) is 0 Å². The van der Waals surface area contributed by atoms with E-state index < -0.39 is 0 Å². The summed E-state index contributed by atoms with van der Waals surface area (Å²) in [6.07, 6.45) is 1.95. The number of benzene rings is 3. The Bertz CT molecular complexity index is 1150. The summed E-state index contributed by atoms with van der Waals surface area (Å²) in [7, 11) is 0. The van der Waals surface area contributed by atoms with Gasteiger partial charge in [-0.1, -0.05) is 54.6 Å². The summed E-state index contributed by atoms with van der Waals surface area (Å²) in [5, 5.41) is 1.21. The first-order valence-corrected chi connectivity index (χ1v) is 12.5. The van der Waals surface area contributed by atoms with Crippen LogP contribution in [-0.4, -0.2) is 28.9 Å². The standard InChI is InChI=1S/C26H24N2OS2/c29-26(21-10-4-6-12-23(21)30-18-19-8-2-1-3-9-19)28-16-14-20(15-17-28)25-27-22-11-5-7-13-24(22)31-25/h1-13,20H,14-18H2. The molecule has 3 aromatic carbocycles. The molecule has 4 aromatic rings. The molecule has 2 heterocycles. The number of thiazole rings is 1. The fourth-order valence-electron chi connectivity index (χ4n) is 4.07. The summed E-state index contributed by atoms with van der Waals surface area (Å²) >= 11 is 3.54. The van der Waals surface area contributed by atoms with Gasteiger partial charge in [-0.05, 0) is 42.7 Å². The van der Waals surface area contributed by atoms with Crippen LogP contribution >= 0.6 is 23.1 Å². The third kappa shape index (κ3) is 4.53. The number of nitrogens with zero attached hydrogens (tertiary/aromatic N) is 2. The molecule has 0 unspecified atom stereocenters. The Balaban J connectivity index is 1.25. The van der Waals surface area contributed by atoms with E-state index in [2.05, 4.69) is 48.5 Å². The first-order valence-electron chi connectivity index (χ1n) is 10.7. The molecular formula is C26H24N2OS2. The number of rotatable bonds is 5. The Morgan fingerprint density at radius 1 is 0.935 bits per heavy atom. The topological polar surface area (TPSA) is 33.2 Å². The van der Waals surface area contributed by atoms with Gasteiger partial charge in [-0.3, -0.25) is 4.79 Å². The van der Waals surface area contributed by atoms with Crippen molar-refractivity contribution >= 4 is 39.2 Å². The highest BCUT2D eigenvalue weighted by molar-refractivity contribution is 7.98. The average Bonchev–Trinajstić information content (AvgIpc) is 3.28. The molecule has 1 amide bonds. The Kier molecular flexibility index (Phi) is 6.05. The van der Waals surface area contributed by atoms with Crippen molar-refractivity contribution in [3.8, 4) is 0 Å². The molecule has 156 valence electrons. The van der Waals surface area contributed by atoms with Crippen molar-refractivity contribution in [1.82, 2.24) is 9.88 Å². The third-order valence-electron chi connectivity index (χ3n) is 5.80. The van der Waals surface area contributed by atoms with E-state index >= 15 is 0 Å². The first-order chi connectivity index (χ1) is 15.3. The number of carbonyl (C=O) groups is 1. The van der Waals surface area contributed by atoms with E-state index in [1.54, 1.807) is 23.1 Å². The maximum atomic E-state index is 13.3. The summed E-state index contributed by atoms with van der Waals surface area (Å²) in [5.41, 5.74) is 3.18. The van der Waals surface area contributed by atoms with Crippen molar-refractivity contribution in [1.29, 1.82) is 0 Å². The van der Waals surface area contributed by atoms with Crippen LogP contribution < -0.4 is 0 Å². The van der Waals surface area contributed by atoms with Crippen LogP contribution in [-0.2, 0) is 5.75 Å². The summed E-state index contributed by atoms with van der Waals surface area (Å²) in [6.45, 7) is 1.58. The molecule has 0 aliphatic carbocycles. The van der Waals surface area contributed by atoms with Gasteiger partial charge in [0.05, 0.1) is 20.8 Å². The number of aromatic nitrogens is 1. The zero-order chi connectivity index (χ0) is 21.0. The fraction of sp³-hybridized carbons (Fsp3) is 0.231. The van der Waals surface area contributed by atoms with Crippen molar-refractivity contribution in [3.05, 3.63) is 95.0 Å². The highest BCUT2D eigenvalue weighted by Crippen LogP contribution is 2.35. The molecule has 5 rings (SSSR count). The number of para-hydroxylation sites is 1. The number of hydrogen-bond acceptors (Lipinski definition) is 4. The maximum Gasteiger partial charge on any atom is 0.254 e. The number of fused-ring (bicyclic) bond motifs is 1. The van der Waals surface area contributed by atoms with Gasteiger partial charge < -0.3 is 4.90 Å². The van der Waals surface area contributed by atoms with Crippen LogP contribution in [0, 0.1) is 0 Å². The fourth-order valence-corrected chi connectivity index (χ4v) is 6.21. The second-order valence-electron chi connectivity index (χ2n) is 7.86. The lowest BCUT2D eigenvalue weighted by molar-refractivity contribution is 0.0709. The van der Waals surface area contributed by atoms with Crippen LogP contribution in [0.25, 0.3) is 10.2 Å². The van der Waals surface area contributed by atoms with E-state index in [0.29, 0.717) is 5.92 Å². The molecule has 0 saturated carbocycles. The van der Waals surface area contributed by atoms with Crippen molar-refractivity contribution < 1.29 is 4.79 Å². The van der Waals surface area contributed by atoms with Gasteiger partial charge in [0.2, 0.25) is 0 Å². The Hall–Kier alpha value is -2.63. The Morgan fingerprint density at radius 2 is 1.65 bits per heavy atom. The van der Waals surface area contributed by atoms with Crippen molar-refractivity contribution in [3.63, 3.8) is 0 Å². The molecule has 5 heteroatoms. The predicted molar refractivity (Wildman–Crippen MR) is 130 cm³/mol. The summed E-state index contributed by atoms with van der Waals surface area (Å²) in [4.78, 5) is 21.2. The van der Waals surface area contributed by atoms with E-state index in [0.717, 1.165) is 47.7 Å². The quantitative estimate of drug-likeness (QED) is 0.325. The van der Waals surface area contributed by atoms with Gasteiger partial charge in [0.1, 0.15) is 0 Å². The minimum Gasteiger partial charge on any atom is -0.339 e. The van der Waals surface area contributed by atoms with Crippen molar-refractivity contribution in [2.75, 3.05) is 13.1 Å². The number of piperidine rings is 1. The van der Waals surface area contributed by atoms with E-state index in [1.165, 1.54) is 15.3 Å². The average molecular weight is 445 g/mol. The molecule has 3 nitrogen and oxygen atoms in total. The van der Waals surface area contributed by atoms with Gasteiger partial charge >= 0.3 is 0 Å². The second kappa shape index (κ2) is 9.25. The maximum absolute atomic E-state index is 13.3. The molecule has 1 aromatic heterocycles. The second-order valence-corrected chi connectivity index (χ2v) is 9.94. The summed E-state index contributed by atoms with van der Waals surface area (Å²) in [5.74, 6) is 1.47. The van der Waals surface area contributed by atoms with Crippen LogP contribution in [0.4, 0.5) is 0 Å². The third-order valence-corrected chi connectivity index (χ3v) is 8.14. The highest BCUT2D eigenvalue weighted by atomic mass is 32.2. The van der Waals surface area contributed by atoms with E-state index in [9.17, 15) is 4.79 Å². The van der Waals surface area contributed by atoms with Crippen LogP contribution in [0.2, 0.25) is 0 Å². The zero-order valence-electron chi connectivity index (χ0n) is 17.2. The number of thioether (sulfide) groups is 1. The van der Waals surface area contributed by atoms with Crippen LogP contribution in [0.1, 0.15) is 39.7 Å². The van der Waals surface area contributed by atoms with Crippen molar-refractivity contribution in [2.45, 2.75) is 29.4 Å². The van der Waals surface area contributed by atoms with E-state index in [-0.39, 0.29) is 5.91 Å². The van der Waals surface area contributed by atoms with Gasteiger partial charge in [-0.25, -0.2) is 4.98 Å². The lowest BCUT2D eigenvalue weighted by Gasteiger charge is -2.31. The van der Waals surface area contributed by atoms with Gasteiger partial charge in [0.15, 0.2) is 0 Å². The Labute approximate surface area is 191 Å². The normalized spacial score (nSPS) is 14.8. The highest BCUT2D eigenvalue weighted by Gasteiger charge is 2.27. The SMILES string of the molecule is O=C(c1ccccc1SCc1ccccc1)N1CCC(c2nc3ccccc3s2)CC1. The lowest BCUT2D eigenvalue weighted by Crippen LogP contribution is -2.38. The minimum absolute atomic E-state index is 0.152. The van der Waals surface area contributed by atoms with Crippen molar-refractivity contribution in [2.24, 2.45) is 0 Å². The molecule has 1 fully saturated rings. The van der Waals surface area contributed by atoms with Crippen LogP contribution in [0.15, 0.2) is 83.8 Å². The molecule has 0 bridgehead atoms. The predicted octanol–water partition coefficient (Wildman–Crippen LogP) is 6.61. The number of likely N-dealkylation sites (tertiary alicyclic amines) is 1.